The predicted octanol–water partition coefficient (Wildman–Crippen LogP) is 2.90. The fourth-order valence-corrected chi connectivity index (χ4v) is 2.94. The molecule has 0 bridgehead atoms. The maximum atomic E-state index is 13.2. The van der Waals surface area contributed by atoms with E-state index in [1.54, 1.807) is 4.90 Å². The van der Waals surface area contributed by atoms with Gasteiger partial charge in [-0.05, 0) is 36.8 Å². The van der Waals surface area contributed by atoms with Crippen molar-refractivity contribution >= 4 is 23.4 Å². The number of anilines is 1. The highest BCUT2D eigenvalue weighted by atomic mass is 19.4. The fourth-order valence-electron chi connectivity index (χ4n) is 2.94. The van der Waals surface area contributed by atoms with Crippen molar-refractivity contribution in [2.45, 2.75) is 19.0 Å². The van der Waals surface area contributed by atoms with Crippen LogP contribution in [-0.4, -0.2) is 42.3 Å². The van der Waals surface area contributed by atoms with Crippen LogP contribution in [0.25, 0.3) is 0 Å². The van der Waals surface area contributed by atoms with Crippen molar-refractivity contribution in [3.05, 3.63) is 53.5 Å². The first kappa shape index (κ1) is 20.4. The maximum Gasteiger partial charge on any atom is 0.416 e. The molecule has 1 fully saturated rings. The summed E-state index contributed by atoms with van der Waals surface area (Å²) >= 11 is 0. The minimum Gasteiger partial charge on any atom is -0.459 e. The maximum absolute atomic E-state index is 13.2. The highest BCUT2D eigenvalue weighted by Gasteiger charge is 2.32. The second-order valence-corrected chi connectivity index (χ2v) is 6.47. The summed E-state index contributed by atoms with van der Waals surface area (Å²) in [6, 6.07) is 5.41. The van der Waals surface area contributed by atoms with Gasteiger partial charge in [0.1, 0.15) is 0 Å². The lowest BCUT2D eigenvalue weighted by Crippen LogP contribution is -2.35. The van der Waals surface area contributed by atoms with Crippen molar-refractivity contribution < 1.29 is 32.0 Å². The Morgan fingerprint density at radius 2 is 1.97 bits per heavy atom. The first-order valence-corrected chi connectivity index (χ1v) is 8.87. The van der Waals surface area contributed by atoms with Crippen LogP contribution >= 0.6 is 0 Å². The van der Waals surface area contributed by atoms with Crippen LogP contribution in [0.15, 0.2) is 41.0 Å². The van der Waals surface area contributed by atoms with E-state index < -0.39 is 23.6 Å². The third kappa shape index (κ3) is 5.15. The molecule has 0 saturated carbocycles. The Morgan fingerprint density at radius 1 is 1.17 bits per heavy atom. The molecule has 1 saturated heterocycles. The van der Waals surface area contributed by atoms with Crippen LogP contribution in [0, 0.1) is 0 Å². The second kappa shape index (κ2) is 8.38. The summed E-state index contributed by atoms with van der Waals surface area (Å²) in [6.07, 6.45) is -2.24. The smallest absolute Gasteiger partial charge is 0.416 e. The molecule has 0 radical (unpaired) electrons. The number of benzene rings is 1. The average Bonchev–Trinajstić information content (AvgIpc) is 3.33. The van der Waals surface area contributed by atoms with Gasteiger partial charge in [0.2, 0.25) is 5.91 Å². The molecule has 3 rings (SSSR count). The lowest BCUT2D eigenvalue weighted by Gasteiger charge is -2.16. The number of carbonyl (C=O) groups is 3. The van der Waals surface area contributed by atoms with Crippen molar-refractivity contribution in [1.29, 1.82) is 0 Å². The number of furan rings is 1. The van der Waals surface area contributed by atoms with Gasteiger partial charge < -0.3 is 20.0 Å². The third-order valence-electron chi connectivity index (χ3n) is 4.36. The molecule has 0 atom stereocenters. The van der Waals surface area contributed by atoms with Gasteiger partial charge in [0, 0.05) is 37.3 Å². The molecule has 7 nitrogen and oxygen atoms in total. The highest BCUT2D eigenvalue weighted by Crippen LogP contribution is 2.32. The molecule has 2 N–H and O–H groups in total. The number of hydrogen-bond donors (Lipinski definition) is 2. The van der Waals surface area contributed by atoms with Gasteiger partial charge in [0.25, 0.3) is 11.8 Å². The van der Waals surface area contributed by atoms with Crippen LogP contribution in [-0.2, 0) is 11.0 Å². The normalized spacial score (nSPS) is 14.2. The number of hydrogen-bond acceptors (Lipinski definition) is 4. The van der Waals surface area contributed by atoms with Crippen molar-refractivity contribution in [2.24, 2.45) is 0 Å². The van der Waals surface area contributed by atoms with Crippen LogP contribution in [0.1, 0.15) is 39.3 Å². The van der Waals surface area contributed by atoms with Gasteiger partial charge in [-0.1, -0.05) is 0 Å². The topological polar surface area (TPSA) is 91.7 Å². The fraction of sp³-hybridized carbons (Fsp3) is 0.316. The number of amides is 3. The predicted molar refractivity (Wildman–Crippen MR) is 96.3 cm³/mol. The number of carbonyl (C=O) groups excluding carboxylic acids is 3. The van der Waals surface area contributed by atoms with Crippen molar-refractivity contribution in [1.82, 2.24) is 10.2 Å². The number of nitrogens with one attached hydrogen (secondary N) is 2. The Labute approximate surface area is 163 Å². The molecular weight excluding hydrogens is 391 g/mol. The lowest BCUT2D eigenvalue weighted by atomic mass is 10.1. The van der Waals surface area contributed by atoms with Gasteiger partial charge in [-0.2, -0.15) is 13.2 Å². The van der Waals surface area contributed by atoms with E-state index in [1.807, 2.05) is 0 Å². The monoisotopic (exact) mass is 409 g/mol. The molecule has 1 aromatic carbocycles. The van der Waals surface area contributed by atoms with E-state index in [9.17, 15) is 27.6 Å². The van der Waals surface area contributed by atoms with Crippen LogP contribution in [0.5, 0.6) is 0 Å². The Hall–Kier alpha value is -3.30. The molecule has 2 heterocycles. The molecule has 0 spiro atoms. The van der Waals surface area contributed by atoms with E-state index in [-0.39, 0.29) is 36.0 Å². The molecule has 1 aliphatic heterocycles. The molecule has 1 aliphatic rings. The highest BCUT2D eigenvalue weighted by molar-refractivity contribution is 6.03. The van der Waals surface area contributed by atoms with Crippen molar-refractivity contribution in [3.8, 4) is 0 Å². The van der Waals surface area contributed by atoms with Crippen LogP contribution < -0.4 is 10.6 Å². The van der Waals surface area contributed by atoms with Crippen molar-refractivity contribution in [3.63, 3.8) is 0 Å². The quantitative estimate of drug-likeness (QED) is 0.768. The van der Waals surface area contributed by atoms with E-state index >= 15 is 0 Å². The van der Waals surface area contributed by atoms with E-state index in [1.165, 1.54) is 18.4 Å². The summed E-state index contributed by atoms with van der Waals surface area (Å²) in [6.45, 7) is 0.988. The standard InChI is InChI=1S/C19H18F3N3O4/c20-19(21,22)13-9-12(17(27)23-5-7-25-6-1-4-16(25)26)10-14(11-13)24-18(28)15-3-2-8-29-15/h2-3,8-11H,1,4-7H2,(H,23,27)(H,24,28). The number of nitrogens with zero attached hydrogens (tertiary/aromatic N) is 1. The van der Waals surface area contributed by atoms with Gasteiger partial charge in [0.15, 0.2) is 5.76 Å². The zero-order valence-electron chi connectivity index (χ0n) is 15.2. The second-order valence-electron chi connectivity index (χ2n) is 6.47. The molecule has 154 valence electrons. The van der Waals surface area contributed by atoms with Gasteiger partial charge in [0.05, 0.1) is 11.8 Å². The minimum atomic E-state index is -4.71. The zero-order valence-corrected chi connectivity index (χ0v) is 15.2. The summed E-state index contributed by atoms with van der Waals surface area (Å²) in [5, 5.41) is 4.79. The van der Waals surface area contributed by atoms with Gasteiger partial charge in [-0.3, -0.25) is 14.4 Å². The molecule has 10 heteroatoms. The summed E-state index contributed by atoms with van der Waals surface area (Å²) in [5.74, 6) is -1.57. The molecule has 29 heavy (non-hydrogen) atoms. The third-order valence-corrected chi connectivity index (χ3v) is 4.36. The first-order valence-electron chi connectivity index (χ1n) is 8.87. The number of alkyl halides is 3. The number of likely N-dealkylation sites (tertiary alicyclic amines) is 1. The average molecular weight is 409 g/mol. The molecule has 2 aromatic rings. The molecular formula is C19H18F3N3O4. The van der Waals surface area contributed by atoms with Crippen molar-refractivity contribution in [2.75, 3.05) is 25.0 Å². The van der Waals surface area contributed by atoms with E-state index in [2.05, 4.69) is 10.6 Å². The summed E-state index contributed by atoms with van der Waals surface area (Å²) in [5.41, 5.74) is -1.53. The minimum absolute atomic E-state index is 0.0127. The van der Waals surface area contributed by atoms with E-state index in [4.69, 9.17) is 4.42 Å². The Balaban J connectivity index is 1.73. The largest absolute Gasteiger partial charge is 0.459 e. The van der Waals surface area contributed by atoms with Crippen LogP contribution in [0.4, 0.5) is 18.9 Å². The molecule has 3 amide bonds. The molecule has 0 aliphatic carbocycles. The zero-order chi connectivity index (χ0) is 21.0. The summed E-state index contributed by atoms with van der Waals surface area (Å²) in [4.78, 5) is 37.5. The van der Waals surface area contributed by atoms with Crippen LogP contribution in [0.2, 0.25) is 0 Å². The molecule has 0 unspecified atom stereocenters. The summed E-state index contributed by atoms with van der Waals surface area (Å²) < 4.78 is 44.6. The van der Waals surface area contributed by atoms with Crippen LogP contribution in [0.3, 0.4) is 0 Å². The van der Waals surface area contributed by atoms with Gasteiger partial charge in [-0.25, -0.2) is 0 Å². The lowest BCUT2D eigenvalue weighted by molar-refractivity contribution is -0.137. The Morgan fingerprint density at radius 3 is 2.59 bits per heavy atom. The SMILES string of the molecule is O=C(NCCN1CCCC1=O)c1cc(NC(=O)c2ccco2)cc(C(F)(F)F)c1. The van der Waals surface area contributed by atoms with Gasteiger partial charge >= 0.3 is 6.18 Å². The Kier molecular flexibility index (Phi) is 5.90. The first-order chi connectivity index (χ1) is 13.7. The Bertz CT molecular complexity index is 910. The van der Waals surface area contributed by atoms with E-state index in [0.29, 0.717) is 19.0 Å². The number of halogens is 3. The van der Waals surface area contributed by atoms with E-state index in [0.717, 1.165) is 18.6 Å². The molecule has 1 aromatic heterocycles. The summed E-state index contributed by atoms with van der Waals surface area (Å²) in [7, 11) is 0. The number of rotatable bonds is 6. The van der Waals surface area contributed by atoms with Gasteiger partial charge in [-0.15, -0.1) is 0 Å².